The molecule has 0 aliphatic heterocycles. The molecular weight excluding hydrogens is 438 g/mol. The van der Waals surface area contributed by atoms with Crippen molar-refractivity contribution in [3.63, 3.8) is 0 Å². The van der Waals surface area contributed by atoms with E-state index in [2.05, 4.69) is 25.4 Å². The van der Waals surface area contributed by atoms with Gasteiger partial charge in [-0.2, -0.15) is 0 Å². The number of ether oxygens (including phenoxy) is 2. The van der Waals surface area contributed by atoms with E-state index in [-0.39, 0.29) is 17.9 Å². The average molecular weight is 464 g/mol. The highest BCUT2D eigenvalue weighted by molar-refractivity contribution is 9.10. The Hall–Kier alpha value is -1.45. The maximum absolute atomic E-state index is 12.2. The number of methoxy groups -OCH3 is 1. The van der Waals surface area contributed by atoms with E-state index in [1.54, 1.807) is 32.9 Å². The van der Waals surface area contributed by atoms with Crippen molar-refractivity contribution in [3.8, 4) is 0 Å². The Balaban J connectivity index is 2.52. The number of halogens is 1. The number of sulfonamides is 1. The second-order valence-corrected chi connectivity index (χ2v) is 9.64. The van der Waals surface area contributed by atoms with E-state index in [0.29, 0.717) is 12.8 Å². The Bertz CT molecular complexity index is 740. The van der Waals surface area contributed by atoms with Crippen LogP contribution in [0, 0.1) is 5.92 Å². The number of benzene rings is 1. The van der Waals surface area contributed by atoms with Crippen molar-refractivity contribution in [2.24, 2.45) is 5.92 Å². The zero-order chi connectivity index (χ0) is 20.7. The number of rotatable bonds is 9. The molecule has 0 aromatic heterocycles. The van der Waals surface area contributed by atoms with Crippen LogP contribution in [0.15, 0.2) is 33.6 Å². The second kappa shape index (κ2) is 10.2. The summed E-state index contributed by atoms with van der Waals surface area (Å²) in [5.74, 6) is -2.30. The van der Waals surface area contributed by atoms with Gasteiger partial charge in [0.05, 0.1) is 12.0 Å². The van der Waals surface area contributed by atoms with Gasteiger partial charge >= 0.3 is 11.9 Å². The van der Waals surface area contributed by atoms with Crippen molar-refractivity contribution < 1.29 is 27.5 Å². The zero-order valence-electron chi connectivity index (χ0n) is 16.0. The zero-order valence-corrected chi connectivity index (χ0v) is 18.4. The SMILES string of the molecule is COC(=O)[C@H](CCCCNS(=O)(=O)c1ccc(Br)cc1)C(=O)OC(C)(C)C. The summed E-state index contributed by atoms with van der Waals surface area (Å²) in [5.41, 5.74) is -0.705. The number of hydrogen-bond acceptors (Lipinski definition) is 6. The lowest BCUT2D eigenvalue weighted by atomic mass is 10.0. The van der Waals surface area contributed by atoms with Gasteiger partial charge in [-0.25, -0.2) is 13.1 Å². The van der Waals surface area contributed by atoms with Gasteiger partial charge in [0.25, 0.3) is 0 Å². The summed E-state index contributed by atoms with van der Waals surface area (Å²) >= 11 is 3.26. The Morgan fingerprint density at radius 1 is 1.11 bits per heavy atom. The van der Waals surface area contributed by atoms with Crippen LogP contribution in [0.1, 0.15) is 40.0 Å². The standard InChI is InChI=1S/C18H26BrNO6S/c1-18(2,3)26-17(22)15(16(21)25-4)7-5-6-12-20-27(23,24)14-10-8-13(19)9-11-14/h8-11,15,20H,5-7,12H2,1-4H3/t15-/m0/s1. The fourth-order valence-corrected chi connectivity index (χ4v) is 3.56. The Morgan fingerprint density at radius 2 is 1.70 bits per heavy atom. The van der Waals surface area contributed by atoms with Gasteiger partial charge in [-0.15, -0.1) is 0 Å². The lowest BCUT2D eigenvalue weighted by Crippen LogP contribution is -2.33. The number of carbonyl (C=O) groups is 2. The van der Waals surface area contributed by atoms with Crippen molar-refractivity contribution in [1.29, 1.82) is 0 Å². The van der Waals surface area contributed by atoms with Gasteiger partial charge in [-0.1, -0.05) is 22.4 Å². The molecule has 152 valence electrons. The van der Waals surface area contributed by atoms with E-state index in [4.69, 9.17) is 4.74 Å². The van der Waals surface area contributed by atoms with Gasteiger partial charge in [-0.3, -0.25) is 9.59 Å². The van der Waals surface area contributed by atoms with E-state index >= 15 is 0 Å². The molecule has 0 fully saturated rings. The van der Waals surface area contributed by atoms with Crippen LogP contribution in [-0.2, 0) is 29.1 Å². The quantitative estimate of drug-likeness (QED) is 0.343. The molecule has 0 amide bonds. The first-order valence-electron chi connectivity index (χ1n) is 8.52. The Kier molecular flexibility index (Phi) is 8.90. The summed E-state index contributed by atoms with van der Waals surface area (Å²) in [7, 11) is -2.38. The van der Waals surface area contributed by atoms with Crippen molar-refractivity contribution in [2.75, 3.05) is 13.7 Å². The van der Waals surface area contributed by atoms with Crippen LogP contribution in [0.4, 0.5) is 0 Å². The van der Waals surface area contributed by atoms with Crippen LogP contribution in [0.25, 0.3) is 0 Å². The Morgan fingerprint density at radius 3 is 2.22 bits per heavy atom. The minimum absolute atomic E-state index is 0.173. The molecule has 0 saturated carbocycles. The summed E-state index contributed by atoms with van der Waals surface area (Å²) in [6, 6.07) is 6.30. The van der Waals surface area contributed by atoms with Gasteiger partial charge in [0.15, 0.2) is 5.92 Å². The summed E-state index contributed by atoms with van der Waals surface area (Å²) < 4.78 is 37.6. The maximum Gasteiger partial charge on any atom is 0.320 e. The molecule has 0 heterocycles. The number of carbonyl (C=O) groups excluding carboxylic acids is 2. The van der Waals surface area contributed by atoms with Crippen LogP contribution in [0.3, 0.4) is 0 Å². The average Bonchev–Trinajstić information content (AvgIpc) is 2.56. The summed E-state index contributed by atoms with van der Waals surface area (Å²) in [5, 5.41) is 0. The third-order valence-corrected chi connectivity index (χ3v) is 5.52. The van der Waals surface area contributed by atoms with E-state index in [1.165, 1.54) is 19.2 Å². The van der Waals surface area contributed by atoms with Gasteiger partial charge in [0, 0.05) is 11.0 Å². The van der Waals surface area contributed by atoms with Gasteiger partial charge in [-0.05, 0) is 57.9 Å². The Labute approximate surface area is 169 Å². The lowest BCUT2D eigenvalue weighted by molar-refractivity contribution is -0.168. The predicted molar refractivity (Wildman–Crippen MR) is 105 cm³/mol. The second-order valence-electron chi connectivity index (χ2n) is 6.96. The third-order valence-electron chi connectivity index (χ3n) is 3.51. The van der Waals surface area contributed by atoms with Crippen molar-refractivity contribution in [3.05, 3.63) is 28.7 Å². The lowest BCUT2D eigenvalue weighted by Gasteiger charge is -2.22. The molecule has 0 unspecified atom stereocenters. The molecule has 27 heavy (non-hydrogen) atoms. The van der Waals surface area contributed by atoms with Crippen LogP contribution >= 0.6 is 15.9 Å². The number of unbranched alkanes of at least 4 members (excludes halogenated alkanes) is 1. The molecule has 9 heteroatoms. The predicted octanol–water partition coefficient (Wildman–Crippen LogP) is 3.03. The first-order valence-corrected chi connectivity index (χ1v) is 10.8. The molecule has 1 rings (SSSR count). The largest absolute Gasteiger partial charge is 0.468 e. The monoisotopic (exact) mass is 463 g/mol. The first kappa shape index (κ1) is 23.6. The molecule has 0 aliphatic carbocycles. The molecule has 0 spiro atoms. The molecule has 0 bridgehead atoms. The number of nitrogens with one attached hydrogen (secondary N) is 1. The van der Waals surface area contributed by atoms with Crippen LogP contribution in [0.5, 0.6) is 0 Å². The fourth-order valence-electron chi connectivity index (χ4n) is 2.22. The van der Waals surface area contributed by atoms with E-state index in [0.717, 1.165) is 4.47 Å². The normalized spacial score (nSPS) is 13.1. The molecule has 0 saturated heterocycles. The van der Waals surface area contributed by atoms with Crippen molar-refractivity contribution in [2.45, 2.75) is 50.5 Å². The van der Waals surface area contributed by atoms with Gasteiger partial charge < -0.3 is 9.47 Å². The summed E-state index contributed by atoms with van der Waals surface area (Å²) in [4.78, 5) is 24.2. The van der Waals surface area contributed by atoms with Crippen LogP contribution < -0.4 is 4.72 Å². The highest BCUT2D eigenvalue weighted by Gasteiger charge is 2.31. The molecule has 0 aliphatic rings. The van der Waals surface area contributed by atoms with Crippen molar-refractivity contribution >= 4 is 37.9 Å². The van der Waals surface area contributed by atoms with E-state index in [9.17, 15) is 18.0 Å². The summed E-state index contributed by atoms with van der Waals surface area (Å²) in [6.07, 6.45) is 1.15. The maximum atomic E-state index is 12.2. The fraction of sp³-hybridized carbons (Fsp3) is 0.556. The first-order chi connectivity index (χ1) is 12.5. The topological polar surface area (TPSA) is 98.8 Å². The van der Waals surface area contributed by atoms with Crippen LogP contribution in [0.2, 0.25) is 0 Å². The summed E-state index contributed by atoms with van der Waals surface area (Å²) in [6.45, 7) is 5.35. The molecule has 7 nitrogen and oxygen atoms in total. The van der Waals surface area contributed by atoms with Crippen LogP contribution in [-0.4, -0.2) is 39.6 Å². The number of hydrogen-bond donors (Lipinski definition) is 1. The number of esters is 2. The van der Waals surface area contributed by atoms with E-state index in [1.807, 2.05) is 0 Å². The minimum Gasteiger partial charge on any atom is -0.468 e. The highest BCUT2D eigenvalue weighted by Crippen LogP contribution is 2.18. The molecule has 1 aromatic rings. The van der Waals surface area contributed by atoms with Gasteiger partial charge in [0.2, 0.25) is 10.0 Å². The van der Waals surface area contributed by atoms with E-state index < -0.39 is 33.5 Å². The smallest absolute Gasteiger partial charge is 0.320 e. The molecule has 1 N–H and O–H groups in total. The molecule has 0 radical (unpaired) electrons. The highest BCUT2D eigenvalue weighted by atomic mass is 79.9. The molecular formula is C18H26BrNO6S. The van der Waals surface area contributed by atoms with Gasteiger partial charge in [0.1, 0.15) is 5.60 Å². The molecule has 1 atom stereocenters. The third kappa shape index (κ3) is 8.40. The minimum atomic E-state index is -3.59. The van der Waals surface area contributed by atoms with Crippen molar-refractivity contribution in [1.82, 2.24) is 4.72 Å². The molecule has 1 aromatic carbocycles.